The van der Waals surface area contributed by atoms with Crippen molar-refractivity contribution in [3.63, 3.8) is 0 Å². The van der Waals surface area contributed by atoms with Crippen LogP contribution in [-0.4, -0.2) is 32.9 Å². The number of carboxylic acids is 1. The number of carboxylic acid groups (broad SMARTS) is 1. The summed E-state index contributed by atoms with van der Waals surface area (Å²) >= 11 is 0. The average Bonchev–Trinajstić information content (AvgIpc) is 2.27. The van der Waals surface area contributed by atoms with Crippen LogP contribution in [0.15, 0.2) is 12.3 Å². The van der Waals surface area contributed by atoms with Gasteiger partial charge in [0.1, 0.15) is 0 Å². The van der Waals surface area contributed by atoms with Crippen LogP contribution in [-0.2, 0) is 4.79 Å². The van der Waals surface area contributed by atoms with Gasteiger partial charge < -0.3 is 26.3 Å². The highest BCUT2D eigenvalue weighted by Gasteiger charge is 2.19. The normalized spacial score (nSPS) is 11.6. The maximum Gasteiger partial charge on any atom is 0.364 e. The molecule has 4 N–H and O–H groups in total. The summed E-state index contributed by atoms with van der Waals surface area (Å²) < 4.78 is 0. The van der Waals surface area contributed by atoms with Gasteiger partial charge in [0.15, 0.2) is 6.20 Å². The van der Waals surface area contributed by atoms with E-state index in [0.717, 1.165) is 12.3 Å². The van der Waals surface area contributed by atoms with E-state index >= 15 is 0 Å². The predicted octanol–water partition coefficient (Wildman–Crippen LogP) is 0.364. The van der Waals surface area contributed by atoms with Gasteiger partial charge >= 0.3 is 11.8 Å². The van der Waals surface area contributed by atoms with Gasteiger partial charge in [0.2, 0.25) is 5.91 Å². The zero-order valence-corrected chi connectivity index (χ0v) is 9.99. The summed E-state index contributed by atoms with van der Waals surface area (Å²) in [7, 11) is 0. The van der Waals surface area contributed by atoms with Crippen molar-refractivity contribution in [3.8, 4) is 0 Å². The number of nitro groups is 1. The molecule has 1 aromatic rings. The van der Waals surface area contributed by atoms with Crippen LogP contribution in [0.5, 0.6) is 0 Å². The molecule has 1 atom stereocenters. The zero-order chi connectivity index (χ0) is 14.6. The summed E-state index contributed by atoms with van der Waals surface area (Å²) in [4.78, 5) is 35.0. The molecule has 0 spiro atoms. The first kappa shape index (κ1) is 14.4. The molecule has 1 aromatic heterocycles. The van der Waals surface area contributed by atoms with E-state index in [1.807, 2.05) is 0 Å². The number of hydrogen-bond acceptors (Lipinski definition) is 6. The third-order valence-electron chi connectivity index (χ3n) is 2.22. The Balaban J connectivity index is 3.03. The molecule has 0 aliphatic carbocycles. The van der Waals surface area contributed by atoms with Crippen molar-refractivity contribution in [1.82, 2.24) is 4.98 Å². The number of anilines is 1. The minimum absolute atomic E-state index is 0.00392. The fourth-order valence-electron chi connectivity index (χ4n) is 1.45. The first-order chi connectivity index (χ1) is 8.81. The number of nitrogens with two attached hydrogens (primary N) is 1. The Morgan fingerprint density at radius 3 is 2.74 bits per heavy atom. The van der Waals surface area contributed by atoms with Gasteiger partial charge in [0, 0.05) is 12.5 Å². The van der Waals surface area contributed by atoms with Crippen molar-refractivity contribution in [2.24, 2.45) is 5.73 Å². The molecular weight excluding hydrogens is 256 g/mol. The average molecular weight is 268 g/mol. The Morgan fingerprint density at radius 1 is 1.63 bits per heavy atom. The minimum Gasteiger partial charge on any atom is -0.478 e. The van der Waals surface area contributed by atoms with E-state index in [2.05, 4.69) is 10.3 Å². The van der Waals surface area contributed by atoms with E-state index in [4.69, 9.17) is 10.8 Å². The lowest BCUT2D eigenvalue weighted by Gasteiger charge is -2.13. The molecule has 1 heterocycles. The van der Waals surface area contributed by atoms with Gasteiger partial charge in [-0.2, -0.15) is 0 Å². The van der Waals surface area contributed by atoms with Crippen LogP contribution in [0.4, 0.5) is 11.5 Å². The monoisotopic (exact) mass is 268 g/mol. The molecule has 9 nitrogen and oxygen atoms in total. The number of primary amides is 1. The fraction of sp³-hybridized carbons (Fsp3) is 0.300. The van der Waals surface area contributed by atoms with Crippen LogP contribution >= 0.6 is 0 Å². The van der Waals surface area contributed by atoms with E-state index < -0.39 is 28.7 Å². The van der Waals surface area contributed by atoms with Crippen molar-refractivity contribution >= 4 is 23.4 Å². The summed E-state index contributed by atoms with van der Waals surface area (Å²) in [5, 5.41) is 22.2. The molecule has 0 aromatic carbocycles. The standard InChI is InChI=1S/C10H12N4O5/c1-5(2-8(11)15)13-7-4-12-9(14(18)19)3-6(7)10(16)17/h3-5,13H,2H2,1H3,(H2,11,15)(H,16,17). The van der Waals surface area contributed by atoms with Gasteiger partial charge in [-0.1, -0.05) is 0 Å². The van der Waals surface area contributed by atoms with Gasteiger partial charge in [0.05, 0.1) is 17.3 Å². The number of aromatic nitrogens is 1. The maximum absolute atomic E-state index is 11.0. The Kier molecular flexibility index (Phi) is 4.35. The molecule has 1 rings (SSSR count). The molecule has 1 amide bonds. The minimum atomic E-state index is -1.33. The van der Waals surface area contributed by atoms with Crippen LogP contribution in [0, 0.1) is 10.1 Å². The number of nitrogens with zero attached hydrogens (tertiary/aromatic N) is 2. The highest BCUT2D eigenvalue weighted by Crippen LogP contribution is 2.20. The molecule has 0 bridgehead atoms. The van der Waals surface area contributed by atoms with Gasteiger partial charge in [-0.05, 0) is 16.8 Å². The number of rotatable bonds is 6. The third-order valence-corrected chi connectivity index (χ3v) is 2.22. The molecule has 0 fully saturated rings. The van der Waals surface area contributed by atoms with Crippen LogP contribution in [0.1, 0.15) is 23.7 Å². The smallest absolute Gasteiger partial charge is 0.364 e. The second-order valence-corrected chi connectivity index (χ2v) is 3.87. The maximum atomic E-state index is 11.0. The van der Waals surface area contributed by atoms with Crippen LogP contribution in [0.25, 0.3) is 0 Å². The largest absolute Gasteiger partial charge is 0.478 e. The number of carbonyl (C=O) groups excluding carboxylic acids is 1. The highest BCUT2D eigenvalue weighted by molar-refractivity contribution is 5.94. The van der Waals surface area contributed by atoms with Gasteiger partial charge in [-0.15, -0.1) is 0 Å². The van der Waals surface area contributed by atoms with Crippen molar-refractivity contribution < 1.29 is 19.6 Å². The van der Waals surface area contributed by atoms with Gasteiger partial charge in [-0.25, -0.2) is 4.79 Å². The van der Waals surface area contributed by atoms with Crippen molar-refractivity contribution in [2.75, 3.05) is 5.32 Å². The number of carbonyl (C=O) groups is 2. The number of amides is 1. The Labute approximate surface area is 107 Å². The summed E-state index contributed by atoms with van der Waals surface area (Å²) in [6.45, 7) is 1.62. The molecule has 0 saturated carbocycles. The summed E-state index contributed by atoms with van der Waals surface area (Å²) in [6, 6.07) is 0.431. The second-order valence-electron chi connectivity index (χ2n) is 3.87. The van der Waals surface area contributed by atoms with Crippen LogP contribution in [0.3, 0.4) is 0 Å². The SMILES string of the molecule is CC(CC(N)=O)Nc1cnc([N+](=O)[O-])cc1C(=O)O. The van der Waals surface area contributed by atoms with E-state index in [1.165, 1.54) is 0 Å². The number of aromatic carboxylic acids is 1. The van der Waals surface area contributed by atoms with Crippen molar-refractivity contribution in [2.45, 2.75) is 19.4 Å². The van der Waals surface area contributed by atoms with E-state index in [0.29, 0.717) is 0 Å². The van der Waals surface area contributed by atoms with E-state index in [-0.39, 0.29) is 17.7 Å². The fourth-order valence-corrected chi connectivity index (χ4v) is 1.45. The Hall–Kier alpha value is -2.71. The molecule has 9 heteroatoms. The lowest BCUT2D eigenvalue weighted by molar-refractivity contribution is -0.389. The first-order valence-electron chi connectivity index (χ1n) is 5.23. The molecule has 102 valence electrons. The van der Waals surface area contributed by atoms with Crippen molar-refractivity contribution in [1.29, 1.82) is 0 Å². The Bertz CT molecular complexity index is 531. The van der Waals surface area contributed by atoms with Crippen molar-refractivity contribution in [3.05, 3.63) is 27.9 Å². The van der Waals surface area contributed by atoms with Crippen LogP contribution < -0.4 is 11.1 Å². The second kappa shape index (κ2) is 5.76. The number of hydrogen-bond donors (Lipinski definition) is 3. The quantitative estimate of drug-likeness (QED) is 0.498. The van der Waals surface area contributed by atoms with Gasteiger partial charge in [-0.3, -0.25) is 4.79 Å². The van der Waals surface area contributed by atoms with Gasteiger partial charge in [0.25, 0.3) is 0 Å². The summed E-state index contributed by atoms with van der Waals surface area (Å²) in [5.41, 5.74) is 4.80. The summed E-state index contributed by atoms with van der Waals surface area (Å²) in [5.74, 6) is -2.45. The Morgan fingerprint density at radius 2 is 2.26 bits per heavy atom. The number of pyridine rings is 1. The number of nitrogens with one attached hydrogen (secondary N) is 1. The highest BCUT2D eigenvalue weighted by atomic mass is 16.6. The molecule has 0 aliphatic rings. The molecule has 0 saturated heterocycles. The first-order valence-corrected chi connectivity index (χ1v) is 5.23. The molecule has 0 aliphatic heterocycles. The lowest BCUT2D eigenvalue weighted by atomic mass is 10.1. The third kappa shape index (κ3) is 3.91. The molecular formula is C10H12N4O5. The van der Waals surface area contributed by atoms with E-state index in [9.17, 15) is 19.7 Å². The van der Waals surface area contributed by atoms with Crippen LogP contribution in [0.2, 0.25) is 0 Å². The molecule has 19 heavy (non-hydrogen) atoms. The lowest BCUT2D eigenvalue weighted by Crippen LogP contribution is -2.25. The summed E-state index contributed by atoms with van der Waals surface area (Å²) in [6.07, 6.45) is 1.04. The van der Waals surface area contributed by atoms with E-state index in [1.54, 1.807) is 6.92 Å². The predicted molar refractivity (Wildman–Crippen MR) is 64.7 cm³/mol. The topological polar surface area (TPSA) is 148 Å². The zero-order valence-electron chi connectivity index (χ0n) is 9.99. The molecule has 1 unspecified atom stereocenters. The molecule has 0 radical (unpaired) electrons.